The molecule has 0 spiro atoms. The highest BCUT2D eigenvalue weighted by molar-refractivity contribution is 5.79. The van der Waals surface area contributed by atoms with Crippen LogP contribution in [-0.2, 0) is 17.8 Å². The third-order valence-corrected chi connectivity index (χ3v) is 3.34. The number of carbonyl (C=O) groups excluding carboxylic acids is 1. The number of aliphatic hydroxyl groups excluding tert-OH is 1. The molecule has 0 aliphatic carbocycles. The predicted molar refractivity (Wildman–Crippen MR) is 78.2 cm³/mol. The van der Waals surface area contributed by atoms with Gasteiger partial charge in [-0.3, -0.25) is 4.79 Å². The van der Waals surface area contributed by atoms with Gasteiger partial charge in [0.2, 0.25) is 5.91 Å². The number of aliphatic hydroxyl groups is 1. The lowest BCUT2D eigenvalue weighted by atomic mass is 10.1. The molecule has 1 aromatic heterocycles. The van der Waals surface area contributed by atoms with Gasteiger partial charge in [0.15, 0.2) is 0 Å². The Hall–Kier alpha value is -2.07. The molecule has 2 aromatic rings. The lowest BCUT2D eigenvalue weighted by Crippen LogP contribution is -2.32. The average molecular weight is 272 g/mol. The zero-order chi connectivity index (χ0) is 14.4. The summed E-state index contributed by atoms with van der Waals surface area (Å²) in [7, 11) is 0. The molecule has 1 unspecified atom stereocenters. The summed E-state index contributed by atoms with van der Waals surface area (Å²) in [6, 6.07) is 11.6. The second kappa shape index (κ2) is 6.91. The molecule has 0 saturated carbocycles. The fourth-order valence-electron chi connectivity index (χ4n) is 2.05. The van der Waals surface area contributed by atoms with E-state index in [0.29, 0.717) is 6.54 Å². The van der Waals surface area contributed by atoms with Gasteiger partial charge in [0.05, 0.1) is 6.61 Å². The first-order valence-electron chi connectivity index (χ1n) is 6.79. The summed E-state index contributed by atoms with van der Waals surface area (Å²) >= 11 is 0. The molecule has 0 aliphatic heterocycles. The summed E-state index contributed by atoms with van der Waals surface area (Å²) < 4.78 is 1.81. The molecule has 0 radical (unpaired) electrons. The van der Waals surface area contributed by atoms with Gasteiger partial charge in [-0.1, -0.05) is 30.3 Å². The van der Waals surface area contributed by atoms with Crippen LogP contribution in [0.2, 0.25) is 0 Å². The number of carbonyl (C=O) groups is 1. The van der Waals surface area contributed by atoms with E-state index in [1.165, 1.54) is 5.56 Å². The number of benzene rings is 1. The number of rotatable bonds is 6. The van der Waals surface area contributed by atoms with E-state index in [1.807, 2.05) is 42.0 Å². The van der Waals surface area contributed by atoms with E-state index >= 15 is 0 Å². The van der Waals surface area contributed by atoms with Crippen LogP contribution in [0.3, 0.4) is 0 Å². The fraction of sp³-hybridized carbons (Fsp3) is 0.312. The van der Waals surface area contributed by atoms with Gasteiger partial charge in [-0.15, -0.1) is 0 Å². The van der Waals surface area contributed by atoms with Crippen molar-refractivity contribution < 1.29 is 9.90 Å². The Morgan fingerprint density at radius 2 is 2.00 bits per heavy atom. The second-order valence-corrected chi connectivity index (χ2v) is 4.83. The van der Waals surface area contributed by atoms with Crippen molar-refractivity contribution in [3.8, 4) is 0 Å². The molecular weight excluding hydrogens is 252 g/mol. The van der Waals surface area contributed by atoms with Gasteiger partial charge >= 0.3 is 0 Å². The summed E-state index contributed by atoms with van der Waals surface area (Å²) in [6.45, 7) is 2.47. The number of amides is 1. The first-order chi connectivity index (χ1) is 9.70. The number of nitrogens with one attached hydrogen (secondary N) is 1. The Balaban J connectivity index is 1.82. The van der Waals surface area contributed by atoms with Crippen molar-refractivity contribution in [2.24, 2.45) is 0 Å². The van der Waals surface area contributed by atoms with Crippen molar-refractivity contribution in [1.82, 2.24) is 9.88 Å². The highest BCUT2D eigenvalue weighted by atomic mass is 16.3. The molecular formula is C16H20N2O2. The lowest BCUT2D eigenvalue weighted by Gasteiger charge is -2.14. The van der Waals surface area contributed by atoms with Crippen molar-refractivity contribution >= 4 is 5.91 Å². The molecule has 106 valence electrons. The molecule has 20 heavy (non-hydrogen) atoms. The minimum absolute atomic E-state index is 0.00462. The first kappa shape index (κ1) is 14.3. The van der Waals surface area contributed by atoms with Crippen molar-refractivity contribution in [2.45, 2.75) is 26.0 Å². The molecule has 1 aromatic carbocycles. The molecule has 2 rings (SSSR count). The topological polar surface area (TPSA) is 54.3 Å². The van der Waals surface area contributed by atoms with Crippen LogP contribution in [0.1, 0.15) is 24.1 Å². The van der Waals surface area contributed by atoms with E-state index in [1.54, 1.807) is 6.20 Å². The van der Waals surface area contributed by atoms with Crippen LogP contribution in [0.5, 0.6) is 0 Å². The largest absolute Gasteiger partial charge is 0.392 e. The van der Waals surface area contributed by atoms with E-state index < -0.39 is 0 Å². The van der Waals surface area contributed by atoms with E-state index in [0.717, 1.165) is 12.0 Å². The number of aromatic nitrogens is 1. The zero-order valence-corrected chi connectivity index (χ0v) is 11.6. The summed E-state index contributed by atoms with van der Waals surface area (Å²) in [5.74, 6) is -0.0129. The molecule has 4 heteroatoms. The van der Waals surface area contributed by atoms with E-state index in [2.05, 4.69) is 17.4 Å². The molecule has 0 aliphatic rings. The Bertz CT molecular complexity index is 549. The van der Waals surface area contributed by atoms with Gasteiger partial charge in [-0.05, 0) is 30.5 Å². The molecule has 0 saturated heterocycles. The van der Waals surface area contributed by atoms with Gasteiger partial charge in [0.25, 0.3) is 0 Å². The fourth-order valence-corrected chi connectivity index (χ4v) is 2.05. The predicted octanol–water partition coefficient (Wildman–Crippen LogP) is 1.90. The van der Waals surface area contributed by atoms with Crippen LogP contribution < -0.4 is 5.32 Å². The van der Waals surface area contributed by atoms with Gasteiger partial charge in [0, 0.05) is 18.9 Å². The second-order valence-electron chi connectivity index (χ2n) is 4.83. The molecule has 2 N–H and O–H groups in total. The van der Waals surface area contributed by atoms with Crippen LogP contribution in [0.15, 0.2) is 48.8 Å². The molecule has 0 fully saturated rings. The lowest BCUT2D eigenvalue weighted by molar-refractivity contribution is -0.123. The van der Waals surface area contributed by atoms with Gasteiger partial charge < -0.3 is 15.0 Å². The summed E-state index contributed by atoms with van der Waals surface area (Å²) in [5, 5.41) is 12.0. The Morgan fingerprint density at radius 1 is 1.25 bits per heavy atom. The van der Waals surface area contributed by atoms with Gasteiger partial charge in [0.1, 0.15) is 6.04 Å². The smallest absolute Gasteiger partial charge is 0.242 e. The monoisotopic (exact) mass is 272 g/mol. The minimum Gasteiger partial charge on any atom is -0.392 e. The quantitative estimate of drug-likeness (QED) is 0.844. The summed E-state index contributed by atoms with van der Waals surface area (Å²) in [6.07, 6.45) is 4.43. The molecule has 1 heterocycles. The molecule has 4 nitrogen and oxygen atoms in total. The Morgan fingerprint density at radius 3 is 2.65 bits per heavy atom. The Labute approximate surface area is 119 Å². The normalized spacial score (nSPS) is 12.1. The number of hydrogen-bond donors (Lipinski definition) is 2. The highest BCUT2D eigenvalue weighted by Gasteiger charge is 2.13. The standard InChI is InChI=1S/C16H20N2O2/c1-13(18-10-8-15(11-18)12-19)16(20)17-9-7-14-5-3-2-4-6-14/h2-6,8,10-11,13,19H,7,9,12H2,1H3,(H,17,20). The van der Waals surface area contributed by atoms with Crippen molar-refractivity contribution in [1.29, 1.82) is 0 Å². The zero-order valence-electron chi connectivity index (χ0n) is 11.6. The average Bonchev–Trinajstić information content (AvgIpc) is 2.96. The van der Waals surface area contributed by atoms with Crippen LogP contribution >= 0.6 is 0 Å². The Kier molecular flexibility index (Phi) is 4.96. The molecule has 1 amide bonds. The van der Waals surface area contributed by atoms with Crippen molar-refractivity contribution in [2.75, 3.05) is 6.54 Å². The number of hydrogen-bond acceptors (Lipinski definition) is 2. The third kappa shape index (κ3) is 3.71. The highest BCUT2D eigenvalue weighted by Crippen LogP contribution is 2.09. The van der Waals surface area contributed by atoms with Crippen LogP contribution in [0, 0.1) is 0 Å². The third-order valence-electron chi connectivity index (χ3n) is 3.34. The van der Waals surface area contributed by atoms with Crippen molar-refractivity contribution in [3.05, 3.63) is 59.9 Å². The van der Waals surface area contributed by atoms with E-state index in [4.69, 9.17) is 5.11 Å². The number of nitrogens with zero attached hydrogens (tertiary/aromatic N) is 1. The van der Waals surface area contributed by atoms with E-state index in [9.17, 15) is 4.79 Å². The van der Waals surface area contributed by atoms with E-state index in [-0.39, 0.29) is 18.6 Å². The van der Waals surface area contributed by atoms with Crippen LogP contribution in [-0.4, -0.2) is 22.1 Å². The minimum atomic E-state index is -0.272. The molecule has 0 bridgehead atoms. The maximum atomic E-state index is 12.0. The van der Waals surface area contributed by atoms with Crippen LogP contribution in [0.4, 0.5) is 0 Å². The summed E-state index contributed by atoms with van der Waals surface area (Å²) in [5.41, 5.74) is 2.03. The van der Waals surface area contributed by atoms with Gasteiger partial charge in [-0.2, -0.15) is 0 Å². The molecule has 1 atom stereocenters. The maximum Gasteiger partial charge on any atom is 0.242 e. The SMILES string of the molecule is CC(C(=O)NCCc1ccccc1)n1ccc(CO)c1. The van der Waals surface area contributed by atoms with Gasteiger partial charge in [-0.25, -0.2) is 0 Å². The van der Waals surface area contributed by atoms with Crippen LogP contribution in [0.25, 0.3) is 0 Å². The van der Waals surface area contributed by atoms with Crippen molar-refractivity contribution in [3.63, 3.8) is 0 Å². The maximum absolute atomic E-state index is 12.0. The summed E-state index contributed by atoms with van der Waals surface area (Å²) in [4.78, 5) is 12.0. The first-order valence-corrected chi connectivity index (χ1v) is 6.79.